The van der Waals surface area contributed by atoms with Gasteiger partial charge in [0.15, 0.2) is 11.5 Å². The smallest absolute Gasteiger partial charge is 0.251 e. The molecule has 5 heteroatoms. The van der Waals surface area contributed by atoms with E-state index in [9.17, 15) is 4.79 Å². The van der Waals surface area contributed by atoms with Gasteiger partial charge >= 0.3 is 0 Å². The quantitative estimate of drug-likeness (QED) is 0.349. The number of carbonyl (C=O) groups excluding carboxylic acids is 1. The van der Waals surface area contributed by atoms with Gasteiger partial charge in [0, 0.05) is 17.1 Å². The first-order chi connectivity index (χ1) is 14.6. The van der Waals surface area contributed by atoms with Gasteiger partial charge in [-0.1, -0.05) is 63.3 Å². The van der Waals surface area contributed by atoms with Gasteiger partial charge in [0.1, 0.15) is 0 Å². The molecule has 1 amide bonds. The van der Waals surface area contributed by atoms with Crippen molar-refractivity contribution in [2.24, 2.45) is 0 Å². The number of rotatable bonds is 14. The standard InChI is InChI=1S/C25H34ClNO3/c1-3-5-7-16-29-23-13-12-21(19-24(23)30-17-8-6-4-2)25(28)27-15-14-20-10-9-11-22(26)18-20/h9-13,18-19H,3-8,14-17H2,1-2H3,(H,27,28). The maximum atomic E-state index is 12.6. The average Bonchev–Trinajstić information content (AvgIpc) is 2.75. The second-order valence-corrected chi connectivity index (χ2v) is 7.84. The summed E-state index contributed by atoms with van der Waals surface area (Å²) in [4.78, 5) is 12.6. The van der Waals surface area contributed by atoms with Crippen molar-refractivity contribution >= 4 is 17.5 Å². The van der Waals surface area contributed by atoms with E-state index in [0.717, 1.165) is 50.5 Å². The Bertz CT molecular complexity index is 779. The van der Waals surface area contributed by atoms with Crippen LogP contribution in [0.2, 0.25) is 5.02 Å². The monoisotopic (exact) mass is 431 g/mol. The van der Waals surface area contributed by atoms with Gasteiger partial charge in [-0.25, -0.2) is 0 Å². The third-order valence-corrected chi connectivity index (χ3v) is 5.04. The van der Waals surface area contributed by atoms with Gasteiger partial charge in [-0.15, -0.1) is 0 Å². The third kappa shape index (κ3) is 8.66. The lowest BCUT2D eigenvalue weighted by atomic mass is 10.1. The highest BCUT2D eigenvalue weighted by molar-refractivity contribution is 6.30. The van der Waals surface area contributed by atoms with E-state index in [4.69, 9.17) is 21.1 Å². The molecule has 1 N–H and O–H groups in total. The molecule has 0 bridgehead atoms. The number of hydrogen-bond acceptors (Lipinski definition) is 3. The number of carbonyl (C=O) groups is 1. The van der Waals surface area contributed by atoms with E-state index in [1.165, 1.54) is 0 Å². The molecule has 2 aromatic carbocycles. The predicted molar refractivity (Wildman–Crippen MR) is 124 cm³/mol. The number of hydrogen-bond donors (Lipinski definition) is 1. The summed E-state index contributed by atoms with van der Waals surface area (Å²) in [5.41, 5.74) is 1.67. The first-order valence-electron chi connectivity index (χ1n) is 11.1. The topological polar surface area (TPSA) is 47.6 Å². The first-order valence-corrected chi connectivity index (χ1v) is 11.4. The molecule has 0 aromatic heterocycles. The Kier molecular flexibility index (Phi) is 11.2. The summed E-state index contributed by atoms with van der Waals surface area (Å²) in [5.74, 6) is 1.23. The summed E-state index contributed by atoms with van der Waals surface area (Å²) >= 11 is 6.02. The molecule has 164 valence electrons. The number of unbranched alkanes of at least 4 members (excludes halogenated alkanes) is 4. The minimum Gasteiger partial charge on any atom is -0.490 e. The van der Waals surface area contributed by atoms with Crippen LogP contribution in [-0.4, -0.2) is 25.7 Å². The highest BCUT2D eigenvalue weighted by atomic mass is 35.5. The predicted octanol–water partition coefficient (Wildman–Crippen LogP) is 6.45. The molecule has 0 aliphatic carbocycles. The van der Waals surface area contributed by atoms with Crippen molar-refractivity contribution in [2.45, 2.75) is 58.8 Å². The molecule has 0 saturated heterocycles. The molecule has 0 fully saturated rings. The van der Waals surface area contributed by atoms with Crippen LogP contribution in [0.15, 0.2) is 42.5 Å². The lowest BCUT2D eigenvalue weighted by Crippen LogP contribution is -2.25. The van der Waals surface area contributed by atoms with Crippen LogP contribution in [0.25, 0.3) is 0 Å². The van der Waals surface area contributed by atoms with Gasteiger partial charge in [0.05, 0.1) is 13.2 Å². The van der Waals surface area contributed by atoms with Crippen LogP contribution in [0, 0.1) is 0 Å². The van der Waals surface area contributed by atoms with Crippen LogP contribution in [0.5, 0.6) is 11.5 Å². The molecule has 0 unspecified atom stereocenters. The molecule has 0 aliphatic rings. The van der Waals surface area contributed by atoms with Crippen LogP contribution in [0.1, 0.15) is 68.3 Å². The largest absolute Gasteiger partial charge is 0.490 e. The number of ether oxygens (including phenoxy) is 2. The van der Waals surface area contributed by atoms with Gasteiger partial charge in [-0.3, -0.25) is 4.79 Å². The SMILES string of the molecule is CCCCCOc1ccc(C(=O)NCCc2cccc(Cl)c2)cc1OCCCCC. The van der Waals surface area contributed by atoms with Crippen LogP contribution in [0.3, 0.4) is 0 Å². The van der Waals surface area contributed by atoms with Crippen LogP contribution >= 0.6 is 11.6 Å². The molecule has 2 aromatic rings. The molecular weight excluding hydrogens is 398 g/mol. The zero-order chi connectivity index (χ0) is 21.6. The summed E-state index contributed by atoms with van der Waals surface area (Å²) < 4.78 is 11.9. The van der Waals surface area contributed by atoms with Gasteiger partial charge in [-0.05, 0) is 55.2 Å². The minimum atomic E-state index is -0.118. The Morgan fingerprint density at radius 2 is 1.60 bits per heavy atom. The van der Waals surface area contributed by atoms with Crippen molar-refractivity contribution in [3.63, 3.8) is 0 Å². The molecule has 0 atom stereocenters. The van der Waals surface area contributed by atoms with E-state index in [0.29, 0.717) is 41.8 Å². The van der Waals surface area contributed by atoms with Crippen molar-refractivity contribution < 1.29 is 14.3 Å². The van der Waals surface area contributed by atoms with Gasteiger partial charge < -0.3 is 14.8 Å². The molecule has 4 nitrogen and oxygen atoms in total. The molecule has 30 heavy (non-hydrogen) atoms. The van der Waals surface area contributed by atoms with Crippen molar-refractivity contribution in [1.29, 1.82) is 0 Å². The summed E-state index contributed by atoms with van der Waals surface area (Å²) in [7, 11) is 0. The summed E-state index contributed by atoms with van der Waals surface area (Å²) in [5, 5.41) is 3.68. The van der Waals surface area contributed by atoms with E-state index in [-0.39, 0.29) is 5.91 Å². The summed E-state index contributed by atoms with van der Waals surface area (Å²) in [6.07, 6.45) is 7.28. The Labute approximate surface area is 185 Å². The second-order valence-electron chi connectivity index (χ2n) is 7.41. The zero-order valence-corrected chi connectivity index (χ0v) is 19.0. The van der Waals surface area contributed by atoms with Crippen LogP contribution in [-0.2, 0) is 6.42 Å². The maximum absolute atomic E-state index is 12.6. The summed E-state index contributed by atoms with van der Waals surface area (Å²) in [6.45, 7) is 6.16. The van der Waals surface area contributed by atoms with E-state index in [1.807, 2.05) is 30.3 Å². The van der Waals surface area contributed by atoms with Gasteiger partial charge in [0.25, 0.3) is 5.91 Å². The van der Waals surface area contributed by atoms with Crippen LogP contribution < -0.4 is 14.8 Å². The molecule has 0 aliphatic heterocycles. The zero-order valence-electron chi connectivity index (χ0n) is 18.2. The Morgan fingerprint density at radius 1 is 0.900 bits per heavy atom. The third-order valence-electron chi connectivity index (χ3n) is 4.81. The molecule has 2 rings (SSSR count). The molecular formula is C25H34ClNO3. The van der Waals surface area contributed by atoms with Crippen LogP contribution in [0.4, 0.5) is 0 Å². The summed E-state index contributed by atoms with van der Waals surface area (Å²) in [6, 6.07) is 13.1. The first kappa shape index (κ1) is 24.1. The number of nitrogens with one attached hydrogen (secondary N) is 1. The Hall–Kier alpha value is -2.20. The molecule has 0 saturated carbocycles. The Morgan fingerprint density at radius 3 is 2.27 bits per heavy atom. The van der Waals surface area contributed by atoms with Crippen molar-refractivity contribution in [2.75, 3.05) is 19.8 Å². The average molecular weight is 432 g/mol. The fourth-order valence-corrected chi connectivity index (χ4v) is 3.28. The molecule has 0 heterocycles. The second kappa shape index (κ2) is 13.9. The number of benzene rings is 2. The van der Waals surface area contributed by atoms with E-state index in [1.54, 1.807) is 12.1 Å². The number of amides is 1. The normalized spacial score (nSPS) is 10.6. The van der Waals surface area contributed by atoms with E-state index < -0.39 is 0 Å². The maximum Gasteiger partial charge on any atom is 0.251 e. The molecule has 0 spiro atoms. The highest BCUT2D eigenvalue weighted by Crippen LogP contribution is 2.29. The van der Waals surface area contributed by atoms with Crippen molar-refractivity contribution in [3.05, 3.63) is 58.6 Å². The molecule has 0 radical (unpaired) electrons. The van der Waals surface area contributed by atoms with Gasteiger partial charge in [-0.2, -0.15) is 0 Å². The van der Waals surface area contributed by atoms with Crippen molar-refractivity contribution in [1.82, 2.24) is 5.32 Å². The minimum absolute atomic E-state index is 0.118. The van der Waals surface area contributed by atoms with Crippen molar-refractivity contribution in [3.8, 4) is 11.5 Å². The lowest BCUT2D eigenvalue weighted by Gasteiger charge is -2.14. The fraction of sp³-hybridized carbons (Fsp3) is 0.480. The number of halogens is 1. The van der Waals surface area contributed by atoms with Gasteiger partial charge in [0.2, 0.25) is 0 Å². The lowest BCUT2D eigenvalue weighted by molar-refractivity contribution is 0.0953. The Balaban J connectivity index is 1.96. The fourth-order valence-electron chi connectivity index (χ4n) is 3.06. The van der Waals surface area contributed by atoms with E-state index in [2.05, 4.69) is 19.2 Å². The van der Waals surface area contributed by atoms with E-state index >= 15 is 0 Å². The highest BCUT2D eigenvalue weighted by Gasteiger charge is 2.12.